The first-order valence-corrected chi connectivity index (χ1v) is 15.4. The molecular formula is C22H20N4O4Sn. The first kappa shape index (κ1) is 19.2. The van der Waals surface area contributed by atoms with Crippen molar-refractivity contribution in [3.8, 4) is 0 Å². The van der Waals surface area contributed by atoms with Crippen molar-refractivity contribution >= 4 is 37.5 Å². The molecule has 3 atom stereocenters. The van der Waals surface area contributed by atoms with Crippen LogP contribution < -0.4 is 12.7 Å². The van der Waals surface area contributed by atoms with Crippen molar-refractivity contribution in [3.05, 3.63) is 83.7 Å². The van der Waals surface area contributed by atoms with E-state index in [0.717, 1.165) is 7.16 Å². The molecule has 8 nitrogen and oxygen atoms in total. The number of nitrogens with zero attached hydrogens (tertiary/aromatic N) is 3. The van der Waals surface area contributed by atoms with Crippen LogP contribution in [0.2, 0.25) is 0 Å². The molecule has 0 saturated carbocycles. The van der Waals surface area contributed by atoms with Crippen LogP contribution in [0.25, 0.3) is 11.2 Å². The second kappa shape index (κ2) is 7.56. The number of rotatable bonds is 3. The van der Waals surface area contributed by atoms with E-state index in [9.17, 15) is 4.79 Å². The fourth-order valence-electron chi connectivity index (χ4n) is 4.45. The Labute approximate surface area is 182 Å². The van der Waals surface area contributed by atoms with Gasteiger partial charge >= 0.3 is 183 Å². The fourth-order valence-corrected chi connectivity index (χ4v) is 14.0. The molecule has 4 aromatic rings. The van der Waals surface area contributed by atoms with Crippen LogP contribution in [-0.2, 0) is 10.9 Å². The molecule has 0 aliphatic carbocycles. The molecule has 2 fully saturated rings. The average molecular weight is 523 g/mol. The van der Waals surface area contributed by atoms with Crippen molar-refractivity contribution in [2.45, 2.75) is 24.9 Å². The molecule has 3 unspecified atom stereocenters. The van der Waals surface area contributed by atoms with E-state index in [1.165, 1.54) is 6.33 Å². The number of ether oxygens (including phenoxy) is 1. The molecule has 2 aliphatic rings. The van der Waals surface area contributed by atoms with Crippen LogP contribution in [0.1, 0.15) is 12.6 Å². The van der Waals surface area contributed by atoms with Crippen LogP contribution in [0.15, 0.2) is 78.1 Å². The molecule has 6 rings (SSSR count). The van der Waals surface area contributed by atoms with E-state index in [1.54, 1.807) is 6.33 Å². The third-order valence-corrected chi connectivity index (χ3v) is 15.6. The zero-order valence-corrected chi connectivity index (χ0v) is 19.4. The van der Waals surface area contributed by atoms with Crippen molar-refractivity contribution in [2.24, 2.45) is 0 Å². The molecule has 0 amide bonds. The van der Waals surface area contributed by atoms with E-state index in [0.29, 0.717) is 24.2 Å². The van der Waals surface area contributed by atoms with Crippen molar-refractivity contribution in [2.75, 3.05) is 6.61 Å². The predicted octanol–water partition coefficient (Wildman–Crippen LogP) is 1.08. The number of H-pyrrole nitrogens is 1. The zero-order valence-electron chi connectivity index (χ0n) is 16.5. The van der Waals surface area contributed by atoms with Crippen molar-refractivity contribution in [1.82, 2.24) is 19.5 Å². The van der Waals surface area contributed by atoms with Crippen LogP contribution in [0.4, 0.5) is 0 Å². The summed E-state index contributed by atoms with van der Waals surface area (Å²) in [6.45, 7) is 0.474. The van der Waals surface area contributed by atoms with E-state index in [1.807, 2.05) is 41.0 Å². The Morgan fingerprint density at radius 3 is 2.39 bits per heavy atom. The van der Waals surface area contributed by atoms with Crippen LogP contribution in [0, 0.1) is 0 Å². The van der Waals surface area contributed by atoms with E-state index >= 15 is 0 Å². The topological polar surface area (TPSA) is 91.3 Å². The molecule has 2 aliphatic heterocycles. The molecule has 0 spiro atoms. The van der Waals surface area contributed by atoms with Gasteiger partial charge in [-0.25, -0.2) is 0 Å². The Balaban J connectivity index is 1.36. The van der Waals surface area contributed by atoms with Gasteiger partial charge in [0.15, 0.2) is 0 Å². The van der Waals surface area contributed by atoms with Gasteiger partial charge in [0.2, 0.25) is 0 Å². The molecule has 2 saturated heterocycles. The molecule has 1 N–H and O–H groups in total. The molecule has 9 heteroatoms. The van der Waals surface area contributed by atoms with Gasteiger partial charge in [-0.15, -0.1) is 0 Å². The maximum absolute atomic E-state index is 12.0. The Morgan fingerprint density at radius 1 is 0.968 bits per heavy atom. The number of hydrogen-bond donors (Lipinski definition) is 1. The summed E-state index contributed by atoms with van der Waals surface area (Å²) in [5.41, 5.74) is 0.552. The molecule has 31 heavy (non-hydrogen) atoms. The quantitative estimate of drug-likeness (QED) is 0.405. The summed E-state index contributed by atoms with van der Waals surface area (Å²) in [5.74, 6) is 0. The van der Waals surface area contributed by atoms with Gasteiger partial charge in [-0.2, -0.15) is 0 Å². The second-order valence-corrected chi connectivity index (χ2v) is 16.0. The van der Waals surface area contributed by atoms with Crippen molar-refractivity contribution < 1.29 is 10.9 Å². The Kier molecular flexibility index (Phi) is 4.67. The molecular weight excluding hydrogens is 503 g/mol. The number of nitrogens with one attached hydrogen (secondary N) is 1. The fraction of sp³-hybridized carbons (Fsp3) is 0.227. The second-order valence-electron chi connectivity index (χ2n) is 7.74. The standard InChI is InChI=1S/C10H10N4O4.2C6H5.Sn/c15-2-6-5(16)1-7(18-6)14-4-13-8-9(14)11-3-12-10(8)17;2*1-2-4-6-5-3-1;/h3-7H,1-2H2,(H,11,12,17);2*1-5H;/q-2;;;+2. The van der Waals surface area contributed by atoms with Crippen molar-refractivity contribution in [1.29, 1.82) is 0 Å². The van der Waals surface area contributed by atoms with Gasteiger partial charge in [-0.05, 0) is 0 Å². The number of aromatic nitrogens is 4. The van der Waals surface area contributed by atoms with E-state index in [2.05, 4.69) is 39.2 Å². The van der Waals surface area contributed by atoms with Gasteiger partial charge in [0.05, 0.1) is 0 Å². The summed E-state index contributed by atoms with van der Waals surface area (Å²) in [5, 5.41) is 0. The zero-order chi connectivity index (χ0) is 20.8. The van der Waals surface area contributed by atoms with E-state index < -0.39 is 19.2 Å². The molecule has 156 valence electrons. The third kappa shape index (κ3) is 3.13. The SMILES string of the molecule is O=c1[nH]cnc2c1ncn2C1CC2[O][Sn]([c]3ccccc3)([c]3ccccc3)[O]CC2O1. The van der Waals surface area contributed by atoms with Gasteiger partial charge in [0, 0.05) is 0 Å². The summed E-state index contributed by atoms with van der Waals surface area (Å²) < 4.78 is 23.8. The molecule has 2 aromatic carbocycles. The third-order valence-electron chi connectivity index (χ3n) is 5.93. The molecule has 0 radical (unpaired) electrons. The van der Waals surface area contributed by atoms with Gasteiger partial charge in [-0.3, -0.25) is 0 Å². The number of benzene rings is 2. The monoisotopic (exact) mass is 524 g/mol. The van der Waals surface area contributed by atoms with Gasteiger partial charge in [0.25, 0.3) is 0 Å². The van der Waals surface area contributed by atoms with Gasteiger partial charge < -0.3 is 0 Å². The average Bonchev–Trinajstić information content (AvgIpc) is 3.44. The maximum atomic E-state index is 12.0. The Hall–Kier alpha value is -2.53. The van der Waals surface area contributed by atoms with Crippen LogP contribution in [0.3, 0.4) is 0 Å². The minimum atomic E-state index is -3.83. The predicted molar refractivity (Wildman–Crippen MR) is 115 cm³/mol. The van der Waals surface area contributed by atoms with Crippen LogP contribution in [-0.4, -0.2) is 57.5 Å². The minimum absolute atomic E-state index is 0.102. The normalized spacial score (nSPS) is 24.8. The first-order chi connectivity index (χ1) is 15.2. The van der Waals surface area contributed by atoms with Crippen LogP contribution in [0.5, 0.6) is 0 Å². The van der Waals surface area contributed by atoms with Gasteiger partial charge in [-0.1, -0.05) is 0 Å². The summed E-state index contributed by atoms with van der Waals surface area (Å²) in [6, 6.07) is 20.6. The molecule has 0 bridgehead atoms. The number of hydrogen-bond acceptors (Lipinski definition) is 6. The summed E-state index contributed by atoms with van der Waals surface area (Å²) in [4.78, 5) is 23.1. The number of fused-ring (bicyclic) bond motifs is 2. The number of aromatic amines is 1. The summed E-state index contributed by atoms with van der Waals surface area (Å²) >= 11 is -3.83. The summed E-state index contributed by atoms with van der Waals surface area (Å²) in [7, 11) is 0. The van der Waals surface area contributed by atoms with Gasteiger partial charge in [0.1, 0.15) is 0 Å². The number of imidazole rings is 1. The van der Waals surface area contributed by atoms with E-state index in [-0.39, 0.29) is 24.0 Å². The van der Waals surface area contributed by atoms with Crippen LogP contribution >= 0.6 is 0 Å². The van der Waals surface area contributed by atoms with Crippen molar-refractivity contribution in [3.63, 3.8) is 0 Å². The first-order valence-electron chi connectivity index (χ1n) is 10.2. The Bertz CT molecular complexity index is 1240. The van der Waals surface area contributed by atoms with E-state index in [4.69, 9.17) is 10.9 Å². The molecule has 2 aromatic heterocycles. The summed E-state index contributed by atoms with van der Waals surface area (Å²) in [6.07, 6.45) is 3.05. The Morgan fingerprint density at radius 2 is 1.68 bits per heavy atom. The molecule has 4 heterocycles.